The smallest absolute Gasteiger partial charge is 0.315 e. The third-order valence-electron chi connectivity index (χ3n) is 9.20. The van der Waals surface area contributed by atoms with E-state index in [1.165, 1.54) is 5.57 Å². The number of hydrogen-bond acceptors (Lipinski definition) is 5. The third-order valence-corrected chi connectivity index (χ3v) is 9.20. The molecule has 4 aliphatic carbocycles. The number of fused-ring (bicyclic) bond motifs is 5. The van der Waals surface area contributed by atoms with Gasteiger partial charge in [-0.1, -0.05) is 23.6 Å². The van der Waals surface area contributed by atoms with Crippen LogP contribution in [-0.4, -0.2) is 22.5 Å². The van der Waals surface area contributed by atoms with Gasteiger partial charge >= 0.3 is 5.97 Å². The Morgan fingerprint density at radius 3 is 2.81 bits per heavy atom. The van der Waals surface area contributed by atoms with Crippen molar-refractivity contribution < 1.29 is 19.2 Å². The number of rotatable bonds is 3. The Labute approximate surface area is 190 Å². The lowest BCUT2D eigenvalue weighted by Gasteiger charge is -2.55. The van der Waals surface area contributed by atoms with Gasteiger partial charge in [-0.2, -0.15) is 0 Å². The van der Waals surface area contributed by atoms with E-state index in [1.807, 2.05) is 19.1 Å². The average Bonchev–Trinajstić information content (AvgIpc) is 3.33. The van der Waals surface area contributed by atoms with Crippen molar-refractivity contribution in [2.45, 2.75) is 77.2 Å². The number of ether oxygens (including phenoxy) is 1. The van der Waals surface area contributed by atoms with Crippen molar-refractivity contribution >= 4 is 11.7 Å². The van der Waals surface area contributed by atoms with Crippen LogP contribution in [0.3, 0.4) is 0 Å². The van der Waals surface area contributed by atoms with Crippen LogP contribution in [0.4, 0.5) is 0 Å². The maximum atomic E-state index is 12.9. The molecule has 0 aliphatic heterocycles. The van der Waals surface area contributed by atoms with E-state index in [-0.39, 0.29) is 17.8 Å². The monoisotopic (exact) mass is 435 g/mol. The summed E-state index contributed by atoms with van der Waals surface area (Å²) in [6.45, 7) is 4.14. The zero-order valence-electron chi connectivity index (χ0n) is 19.1. The number of hydrogen-bond donors (Lipinski definition) is 1. The summed E-state index contributed by atoms with van der Waals surface area (Å²) in [5, 5.41) is 12.7. The molecule has 3 saturated carbocycles. The number of carbonyl (C=O) groups is 1. The fourth-order valence-corrected chi connectivity index (χ4v) is 7.66. The number of allylic oxidation sites excluding steroid dienone is 2. The first-order valence-electron chi connectivity index (χ1n) is 12.1. The Hall–Kier alpha value is -2.48. The summed E-state index contributed by atoms with van der Waals surface area (Å²) in [6.07, 6.45) is 16.4. The Balaban J connectivity index is 1.36. The Morgan fingerprint density at radius 2 is 2.09 bits per heavy atom. The molecule has 32 heavy (non-hydrogen) atoms. The predicted molar refractivity (Wildman–Crippen MR) is 121 cm³/mol. The number of furan rings is 1. The molecule has 5 rings (SSSR count). The van der Waals surface area contributed by atoms with Gasteiger partial charge in [0.2, 0.25) is 0 Å². The molecule has 1 aromatic rings. The SMILES string of the molecule is C#C[C@@]1(OC(=O)Cc2ccc(C)o2)CC[C@H]2[C@@H]3CCC4=C/C(=N/O)CC[C@@H]4[C@H]3CC[C@@]21C. The molecule has 0 unspecified atom stereocenters. The lowest BCUT2D eigenvalue weighted by atomic mass is 9.50. The van der Waals surface area contributed by atoms with Crippen LogP contribution < -0.4 is 0 Å². The predicted octanol–water partition coefficient (Wildman–Crippen LogP) is 5.45. The minimum Gasteiger partial charge on any atom is -0.466 e. The molecule has 0 bridgehead atoms. The minimum absolute atomic E-state index is 0.120. The average molecular weight is 436 g/mol. The first-order chi connectivity index (χ1) is 15.4. The normalized spacial score (nSPS) is 39.4. The second kappa shape index (κ2) is 7.83. The van der Waals surface area contributed by atoms with E-state index in [0.717, 1.165) is 62.8 Å². The number of carbonyl (C=O) groups excluding carboxylic acids is 1. The quantitative estimate of drug-likeness (QED) is 0.297. The van der Waals surface area contributed by atoms with E-state index < -0.39 is 5.60 Å². The molecule has 0 amide bonds. The van der Waals surface area contributed by atoms with Crippen LogP contribution >= 0.6 is 0 Å². The number of esters is 1. The van der Waals surface area contributed by atoms with Crippen LogP contribution in [0, 0.1) is 48.4 Å². The number of oxime groups is 1. The van der Waals surface area contributed by atoms with Gasteiger partial charge in [0.25, 0.3) is 0 Å². The van der Waals surface area contributed by atoms with Gasteiger partial charge in [0, 0.05) is 5.41 Å². The van der Waals surface area contributed by atoms with Gasteiger partial charge < -0.3 is 14.4 Å². The van der Waals surface area contributed by atoms with E-state index in [0.29, 0.717) is 29.4 Å². The zero-order chi connectivity index (χ0) is 22.5. The summed E-state index contributed by atoms with van der Waals surface area (Å²) in [6, 6.07) is 3.69. The summed E-state index contributed by atoms with van der Waals surface area (Å²) in [5.74, 6) is 6.44. The first-order valence-corrected chi connectivity index (χ1v) is 12.1. The van der Waals surface area contributed by atoms with Gasteiger partial charge in [-0.25, -0.2) is 0 Å². The van der Waals surface area contributed by atoms with Crippen molar-refractivity contribution in [3.05, 3.63) is 35.3 Å². The standard InChI is InChI=1S/C27H33NO4/c1-4-27(32-25(29)16-20-8-5-17(2)31-20)14-12-24-23-9-6-18-15-19(28-30)7-10-21(18)22(23)11-13-26(24,27)3/h1,5,8,15,21-24,30H,6-7,9-14,16H2,2-3H3/b28-19+/t21-,22+,23+,24-,26-,27+/m0/s1. The topological polar surface area (TPSA) is 72.0 Å². The highest BCUT2D eigenvalue weighted by Gasteiger charge is 2.64. The maximum absolute atomic E-state index is 12.9. The van der Waals surface area contributed by atoms with Crippen LogP contribution in [-0.2, 0) is 16.0 Å². The van der Waals surface area contributed by atoms with Crippen LogP contribution in [0.15, 0.2) is 33.4 Å². The van der Waals surface area contributed by atoms with Gasteiger partial charge in [0.05, 0.1) is 5.71 Å². The fourth-order valence-electron chi connectivity index (χ4n) is 7.66. The molecule has 0 spiro atoms. The second-order valence-corrected chi connectivity index (χ2v) is 10.6. The molecule has 0 radical (unpaired) electrons. The van der Waals surface area contributed by atoms with Gasteiger partial charge in [-0.15, -0.1) is 6.42 Å². The maximum Gasteiger partial charge on any atom is 0.315 e. The van der Waals surface area contributed by atoms with Crippen LogP contribution in [0.5, 0.6) is 0 Å². The van der Waals surface area contributed by atoms with Gasteiger partial charge in [-0.3, -0.25) is 4.79 Å². The molecule has 0 saturated heterocycles. The molecular weight excluding hydrogens is 402 g/mol. The van der Waals surface area contributed by atoms with E-state index in [4.69, 9.17) is 15.6 Å². The Bertz CT molecular complexity index is 1010. The van der Waals surface area contributed by atoms with Crippen LogP contribution in [0.2, 0.25) is 0 Å². The first kappa shape index (κ1) is 21.4. The van der Waals surface area contributed by atoms with E-state index >= 15 is 0 Å². The third kappa shape index (κ3) is 3.22. The summed E-state index contributed by atoms with van der Waals surface area (Å²) in [7, 11) is 0. The summed E-state index contributed by atoms with van der Waals surface area (Å²) >= 11 is 0. The second-order valence-electron chi connectivity index (χ2n) is 10.6. The molecule has 5 heteroatoms. The lowest BCUT2D eigenvalue weighted by molar-refractivity contribution is -0.169. The van der Waals surface area contributed by atoms with E-state index in [9.17, 15) is 10.0 Å². The largest absolute Gasteiger partial charge is 0.466 e. The van der Waals surface area contributed by atoms with Crippen molar-refractivity contribution in [1.82, 2.24) is 0 Å². The minimum atomic E-state index is -0.833. The van der Waals surface area contributed by atoms with Crippen molar-refractivity contribution in [2.75, 3.05) is 0 Å². The molecule has 170 valence electrons. The molecule has 4 aliphatic rings. The van der Waals surface area contributed by atoms with Gasteiger partial charge in [0.15, 0.2) is 5.60 Å². The Kier molecular flexibility index (Phi) is 5.23. The van der Waals surface area contributed by atoms with Crippen LogP contribution in [0.25, 0.3) is 0 Å². The zero-order valence-corrected chi connectivity index (χ0v) is 19.1. The molecule has 1 N–H and O–H groups in total. The lowest BCUT2D eigenvalue weighted by Crippen LogP contribution is -2.54. The van der Waals surface area contributed by atoms with Crippen LogP contribution in [0.1, 0.15) is 69.8 Å². The number of aryl methyl sites for hydroxylation is 1. The summed E-state index contributed by atoms with van der Waals surface area (Å²) in [4.78, 5) is 12.9. The van der Waals surface area contributed by atoms with Gasteiger partial charge in [0.1, 0.15) is 17.9 Å². The fraction of sp³-hybridized carbons (Fsp3) is 0.630. The number of nitrogens with zero attached hydrogens (tertiary/aromatic N) is 1. The Morgan fingerprint density at radius 1 is 1.25 bits per heavy atom. The van der Waals surface area contributed by atoms with Crippen molar-refractivity contribution in [1.29, 1.82) is 0 Å². The van der Waals surface area contributed by atoms with E-state index in [2.05, 4.69) is 24.1 Å². The summed E-state index contributed by atoms with van der Waals surface area (Å²) < 4.78 is 11.7. The molecule has 3 fully saturated rings. The number of terminal acetylenes is 1. The highest BCUT2D eigenvalue weighted by Crippen LogP contribution is 2.65. The molecular formula is C27H33NO4. The molecule has 6 atom stereocenters. The van der Waals surface area contributed by atoms with Crippen molar-refractivity contribution in [2.24, 2.45) is 34.2 Å². The molecule has 0 aromatic carbocycles. The molecule has 1 heterocycles. The highest BCUT2D eigenvalue weighted by atomic mass is 16.6. The molecule has 5 nitrogen and oxygen atoms in total. The van der Waals surface area contributed by atoms with Crippen molar-refractivity contribution in [3.8, 4) is 12.3 Å². The van der Waals surface area contributed by atoms with Crippen molar-refractivity contribution in [3.63, 3.8) is 0 Å². The summed E-state index contributed by atoms with van der Waals surface area (Å²) in [5.41, 5.74) is 1.27. The van der Waals surface area contributed by atoms with E-state index in [1.54, 1.807) is 0 Å². The highest BCUT2D eigenvalue weighted by molar-refractivity contribution is 5.96. The van der Waals surface area contributed by atoms with Gasteiger partial charge in [-0.05, 0) is 100 Å². The molecule has 1 aromatic heterocycles.